The molecule has 1 heterocycles. The number of hydrogen-bond donors (Lipinski definition) is 0. The molecule has 1 aromatic rings. The van der Waals surface area contributed by atoms with Crippen LogP contribution in [0.25, 0.3) is 0 Å². The van der Waals surface area contributed by atoms with Crippen LogP contribution in [0.2, 0.25) is 5.02 Å². The number of carbonyl (C=O) groups is 1. The number of nitrogens with zero attached hydrogens (tertiary/aromatic N) is 2. The average molecular weight is 271 g/mol. The first kappa shape index (κ1) is 13.3. The molecule has 5 heteroatoms. The van der Waals surface area contributed by atoms with Crippen molar-refractivity contribution in [2.45, 2.75) is 13.5 Å². The van der Waals surface area contributed by atoms with E-state index in [4.69, 9.17) is 11.6 Å². The van der Waals surface area contributed by atoms with Crippen LogP contribution in [0, 0.1) is 5.82 Å². The van der Waals surface area contributed by atoms with Crippen LogP contribution in [0.4, 0.5) is 4.39 Å². The van der Waals surface area contributed by atoms with E-state index >= 15 is 0 Å². The van der Waals surface area contributed by atoms with Gasteiger partial charge >= 0.3 is 0 Å². The van der Waals surface area contributed by atoms with E-state index in [0.717, 1.165) is 31.7 Å². The Balaban J connectivity index is 1.93. The average Bonchev–Trinajstić information content (AvgIpc) is 2.33. The molecule has 0 aliphatic carbocycles. The van der Waals surface area contributed by atoms with Crippen LogP contribution in [0.3, 0.4) is 0 Å². The third-order valence-corrected chi connectivity index (χ3v) is 3.58. The maximum Gasteiger partial charge on any atom is 0.219 e. The van der Waals surface area contributed by atoms with Gasteiger partial charge < -0.3 is 4.90 Å². The first-order valence-electron chi connectivity index (χ1n) is 5.98. The molecule has 1 aromatic carbocycles. The molecule has 1 saturated heterocycles. The van der Waals surface area contributed by atoms with E-state index in [-0.39, 0.29) is 11.7 Å². The minimum atomic E-state index is -0.315. The van der Waals surface area contributed by atoms with Gasteiger partial charge in [-0.05, 0) is 17.7 Å². The zero-order valence-corrected chi connectivity index (χ0v) is 11.1. The third-order valence-electron chi connectivity index (χ3n) is 3.23. The number of carbonyl (C=O) groups excluding carboxylic acids is 1. The predicted octanol–water partition coefficient (Wildman–Crippen LogP) is 2.14. The lowest BCUT2D eigenvalue weighted by Gasteiger charge is -2.34. The highest BCUT2D eigenvalue weighted by molar-refractivity contribution is 6.31. The smallest absolute Gasteiger partial charge is 0.219 e. The summed E-state index contributed by atoms with van der Waals surface area (Å²) in [6, 6.07) is 4.48. The molecule has 0 spiro atoms. The van der Waals surface area contributed by atoms with Crippen molar-refractivity contribution in [3.63, 3.8) is 0 Å². The molecular formula is C13H16ClFN2O. The third kappa shape index (κ3) is 3.21. The fourth-order valence-electron chi connectivity index (χ4n) is 2.11. The molecule has 0 unspecified atom stereocenters. The van der Waals surface area contributed by atoms with Crippen LogP contribution in [-0.2, 0) is 11.3 Å². The van der Waals surface area contributed by atoms with Crippen LogP contribution in [-0.4, -0.2) is 41.9 Å². The van der Waals surface area contributed by atoms with E-state index in [1.807, 2.05) is 4.90 Å². The molecule has 1 fully saturated rings. The summed E-state index contributed by atoms with van der Waals surface area (Å²) in [5, 5.41) is 0.462. The second-order valence-electron chi connectivity index (χ2n) is 4.52. The van der Waals surface area contributed by atoms with Crippen molar-refractivity contribution in [2.24, 2.45) is 0 Å². The summed E-state index contributed by atoms with van der Waals surface area (Å²) in [5.41, 5.74) is 0.925. The van der Waals surface area contributed by atoms with E-state index in [1.54, 1.807) is 13.0 Å². The highest BCUT2D eigenvalue weighted by Crippen LogP contribution is 2.19. The molecule has 0 atom stereocenters. The van der Waals surface area contributed by atoms with Gasteiger partial charge in [0, 0.05) is 44.7 Å². The normalized spacial score (nSPS) is 16.9. The van der Waals surface area contributed by atoms with Crippen molar-refractivity contribution in [1.29, 1.82) is 0 Å². The van der Waals surface area contributed by atoms with Gasteiger partial charge in [-0.1, -0.05) is 17.7 Å². The molecule has 3 nitrogen and oxygen atoms in total. The first-order chi connectivity index (χ1) is 8.56. The van der Waals surface area contributed by atoms with Gasteiger partial charge in [-0.15, -0.1) is 0 Å². The van der Waals surface area contributed by atoms with Crippen LogP contribution < -0.4 is 0 Å². The summed E-state index contributed by atoms with van der Waals surface area (Å²) < 4.78 is 12.9. The predicted molar refractivity (Wildman–Crippen MR) is 68.9 cm³/mol. The van der Waals surface area contributed by atoms with Crippen LogP contribution in [0.5, 0.6) is 0 Å². The van der Waals surface area contributed by atoms with Crippen LogP contribution >= 0.6 is 11.6 Å². The Morgan fingerprint density at radius 1 is 1.33 bits per heavy atom. The minimum absolute atomic E-state index is 0.120. The molecule has 1 aliphatic rings. The van der Waals surface area contributed by atoms with Crippen molar-refractivity contribution in [1.82, 2.24) is 9.80 Å². The Hall–Kier alpha value is -1.13. The molecule has 0 saturated carbocycles. The standard InChI is InChI=1S/C13H16ClFN2O/c1-10(18)17-6-4-16(5-7-17)9-11-2-3-12(15)8-13(11)14/h2-3,8H,4-7,9H2,1H3. The van der Waals surface area contributed by atoms with E-state index in [0.29, 0.717) is 11.6 Å². The zero-order chi connectivity index (χ0) is 13.1. The van der Waals surface area contributed by atoms with Gasteiger partial charge in [0.15, 0.2) is 0 Å². The lowest BCUT2D eigenvalue weighted by molar-refractivity contribution is -0.130. The molecular weight excluding hydrogens is 255 g/mol. The monoisotopic (exact) mass is 270 g/mol. The summed E-state index contributed by atoms with van der Waals surface area (Å²) >= 11 is 6.00. The van der Waals surface area contributed by atoms with Crippen molar-refractivity contribution >= 4 is 17.5 Å². The van der Waals surface area contributed by atoms with Gasteiger partial charge in [0.05, 0.1) is 0 Å². The fourth-order valence-corrected chi connectivity index (χ4v) is 2.34. The van der Waals surface area contributed by atoms with E-state index in [1.165, 1.54) is 12.1 Å². The number of hydrogen-bond acceptors (Lipinski definition) is 2. The van der Waals surface area contributed by atoms with Crippen molar-refractivity contribution in [2.75, 3.05) is 26.2 Å². The molecule has 18 heavy (non-hydrogen) atoms. The molecule has 0 aromatic heterocycles. The molecule has 2 rings (SSSR count). The fraction of sp³-hybridized carbons (Fsp3) is 0.462. The number of benzene rings is 1. The van der Waals surface area contributed by atoms with Crippen LogP contribution in [0.15, 0.2) is 18.2 Å². The Morgan fingerprint density at radius 3 is 2.56 bits per heavy atom. The summed E-state index contributed by atoms with van der Waals surface area (Å²) in [7, 11) is 0. The maximum absolute atomic E-state index is 12.9. The Labute approximate surface area is 111 Å². The van der Waals surface area contributed by atoms with Crippen LogP contribution in [0.1, 0.15) is 12.5 Å². The lowest BCUT2D eigenvalue weighted by Crippen LogP contribution is -2.47. The van der Waals surface area contributed by atoms with Crippen molar-refractivity contribution in [3.8, 4) is 0 Å². The molecule has 0 radical (unpaired) electrons. The molecule has 98 valence electrons. The quantitative estimate of drug-likeness (QED) is 0.822. The Kier molecular flexibility index (Phi) is 4.19. The largest absolute Gasteiger partial charge is 0.340 e. The Bertz CT molecular complexity index is 445. The SMILES string of the molecule is CC(=O)N1CCN(Cc2ccc(F)cc2Cl)CC1. The van der Waals surface area contributed by atoms with E-state index < -0.39 is 0 Å². The highest BCUT2D eigenvalue weighted by atomic mass is 35.5. The molecule has 0 N–H and O–H groups in total. The van der Waals surface area contributed by atoms with Gasteiger partial charge in [0.25, 0.3) is 0 Å². The Morgan fingerprint density at radius 2 is 2.00 bits per heavy atom. The second kappa shape index (κ2) is 5.67. The van der Waals surface area contributed by atoms with Crippen molar-refractivity contribution in [3.05, 3.63) is 34.6 Å². The number of halogens is 2. The van der Waals surface area contributed by atoms with Gasteiger partial charge in [0.1, 0.15) is 5.82 Å². The summed E-state index contributed by atoms with van der Waals surface area (Å²) in [4.78, 5) is 15.3. The zero-order valence-electron chi connectivity index (χ0n) is 10.3. The number of amides is 1. The van der Waals surface area contributed by atoms with Gasteiger partial charge in [-0.2, -0.15) is 0 Å². The summed E-state index contributed by atoms with van der Waals surface area (Å²) in [5.74, 6) is -0.195. The lowest BCUT2D eigenvalue weighted by atomic mass is 10.2. The topological polar surface area (TPSA) is 23.6 Å². The van der Waals surface area contributed by atoms with Gasteiger partial charge in [0.2, 0.25) is 5.91 Å². The minimum Gasteiger partial charge on any atom is -0.340 e. The van der Waals surface area contributed by atoms with E-state index in [2.05, 4.69) is 4.90 Å². The molecule has 1 aliphatic heterocycles. The molecule has 1 amide bonds. The van der Waals surface area contributed by atoms with Gasteiger partial charge in [-0.3, -0.25) is 9.69 Å². The number of piperazine rings is 1. The maximum atomic E-state index is 12.9. The van der Waals surface area contributed by atoms with Crippen molar-refractivity contribution < 1.29 is 9.18 Å². The number of rotatable bonds is 2. The molecule has 0 bridgehead atoms. The van der Waals surface area contributed by atoms with Gasteiger partial charge in [-0.25, -0.2) is 4.39 Å². The second-order valence-corrected chi connectivity index (χ2v) is 4.93. The highest BCUT2D eigenvalue weighted by Gasteiger charge is 2.19. The van der Waals surface area contributed by atoms with E-state index in [9.17, 15) is 9.18 Å². The first-order valence-corrected chi connectivity index (χ1v) is 6.36. The summed E-state index contributed by atoms with van der Waals surface area (Å²) in [6.45, 7) is 5.43. The summed E-state index contributed by atoms with van der Waals surface area (Å²) in [6.07, 6.45) is 0.